The molecule has 0 aliphatic heterocycles. The number of hydrogen-bond acceptors (Lipinski definition) is 3. The van der Waals surface area contributed by atoms with Crippen LogP contribution in [-0.2, 0) is 0 Å². The second kappa shape index (κ2) is 3.42. The van der Waals surface area contributed by atoms with Crippen molar-refractivity contribution in [2.24, 2.45) is 11.7 Å². The van der Waals surface area contributed by atoms with Gasteiger partial charge < -0.3 is 11.5 Å². The second-order valence-corrected chi connectivity index (χ2v) is 4.65. The van der Waals surface area contributed by atoms with Gasteiger partial charge in [-0.25, -0.2) is 0 Å². The van der Waals surface area contributed by atoms with Crippen molar-refractivity contribution in [2.45, 2.75) is 18.9 Å². The van der Waals surface area contributed by atoms with Crippen LogP contribution in [0.15, 0.2) is 12.4 Å². The average molecular weight is 289 g/mol. The molecule has 0 aromatic carbocycles. The number of aromatic nitrogens is 1. The molecular formula is C9H12IN3. The first kappa shape index (κ1) is 9.21. The summed E-state index contributed by atoms with van der Waals surface area (Å²) in [5, 5.41) is 0. The molecule has 70 valence electrons. The van der Waals surface area contributed by atoms with Gasteiger partial charge in [-0.3, -0.25) is 4.98 Å². The van der Waals surface area contributed by atoms with Crippen LogP contribution in [0.4, 0.5) is 5.69 Å². The second-order valence-electron chi connectivity index (χ2n) is 3.49. The van der Waals surface area contributed by atoms with E-state index in [4.69, 9.17) is 11.5 Å². The predicted octanol–water partition coefficient (Wildman–Crippen LogP) is 1.68. The number of nitrogen functional groups attached to an aromatic ring is 1. The van der Waals surface area contributed by atoms with E-state index in [-0.39, 0.29) is 6.04 Å². The number of nitrogens with zero attached hydrogens (tertiary/aromatic N) is 1. The van der Waals surface area contributed by atoms with Crippen molar-refractivity contribution >= 4 is 28.3 Å². The zero-order chi connectivity index (χ0) is 9.42. The van der Waals surface area contributed by atoms with Gasteiger partial charge in [0.25, 0.3) is 0 Å². The lowest BCUT2D eigenvalue weighted by atomic mass is 10.0. The highest BCUT2D eigenvalue weighted by atomic mass is 127. The third kappa shape index (κ3) is 1.78. The normalized spacial score (nSPS) is 18.6. The Bertz CT molecular complexity index is 323. The SMILES string of the molecule is Nc1c(I)cncc1C(N)C1CC1. The maximum atomic E-state index is 6.05. The van der Waals surface area contributed by atoms with Gasteiger partial charge in [-0.1, -0.05) is 0 Å². The third-order valence-corrected chi connectivity index (χ3v) is 3.32. The Labute approximate surface area is 91.0 Å². The van der Waals surface area contributed by atoms with Crippen LogP contribution < -0.4 is 11.5 Å². The molecule has 4 heteroatoms. The summed E-state index contributed by atoms with van der Waals surface area (Å²) >= 11 is 2.18. The Morgan fingerprint density at radius 2 is 2.15 bits per heavy atom. The minimum Gasteiger partial charge on any atom is -0.398 e. The van der Waals surface area contributed by atoms with E-state index in [2.05, 4.69) is 27.6 Å². The lowest BCUT2D eigenvalue weighted by molar-refractivity contribution is 0.632. The fourth-order valence-electron chi connectivity index (χ4n) is 1.43. The molecule has 0 saturated heterocycles. The topological polar surface area (TPSA) is 64.9 Å². The molecule has 1 saturated carbocycles. The summed E-state index contributed by atoms with van der Waals surface area (Å²) in [5.41, 5.74) is 13.8. The Hall–Kier alpha value is -0.360. The van der Waals surface area contributed by atoms with E-state index in [1.54, 1.807) is 12.4 Å². The van der Waals surface area contributed by atoms with Gasteiger partial charge in [-0.15, -0.1) is 0 Å². The van der Waals surface area contributed by atoms with Gasteiger partial charge in [-0.2, -0.15) is 0 Å². The molecule has 1 unspecified atom stereocenters. The van der Waals surface area contributed by atoms with Crippen LogP contribution in [0.2, 0.25) is 0 Å². The number of hydrogen-bond donors (Lipinski definition) is 2. The summed E-state index contributed by atoms with van der Waals surface area (Å²) < 4.78 is 0.992. The highest BCUT2D eigenvalue weighted by Gasteiger charge is 2.30. The van der Waals surface area contributed by atoms with E-state index in [1.807, 2.05) is 0 Å². The molecule has 0 bridgehead atoms. The monoisotopic (exact) mass is 289 g/mol. The van der Waals surface area contributed by atoms with Gasteiger partial charge in [0.1, 0.15) is 0 Å². The Kier molecular flexibility index (Phi) is 2.42. The largest absolute Gasteiger partial charge is 0.398 e. The first-order valence-electron chi connectivity index (χ1n) is 4.34. The van der Waals surface area contributed by atoms with Crippen molar-refractivity contribution in [1.29, 1.82) is 0 Å². The Balaban J connectivity index is 2.32. The van der Waals surface area contributed by atoms with E-state index in [0.29, 0.717) is 5.92 Å². The van der Waals surface area contributed by atoms with Crippen LogP contribution in [-0.4, -0.2) is 4.98 Å². The lowest BCUT2D eigenvalue weighted by Crippen LogP contribution is -2.15. The molecule has 0 radical (unpaired) electrons. The van der Waals surface area contributed by atoms with E-state index in [9.17, 15) is 0 Å². The lowest BCUT2D eigenvalue weighted by Gasteiger charge is -2.13. The molecule has 1 atom stereocenters. The molecule has 4 N–H and O–H groups in total. The number of rotatable bonds is 2. The van der Waals surface area contributed by atoms with Gasteiger partial charge in [0.15, 0.2) is 0 Å². The maximum Gasteiger partial charge on any atom is 0.0546 e. The minimum absolute atomic E-state index is 0.0854. The summed E-state index contributed by atoms with van der Waals surface area (Å²) in [7, 11) is 0. The molecule has 3 nitrogen and oxygen atoms in total. The van der Waals surface area contributed by atoms with Crippen LogP contribution in [0.25, 0.3) is 0 Å². The summed E-state index contributed by atoms with van der Waals surface area (Å²) in [5.74, 6) is 0.627. The molecule has 0 spiro atoms. The van der Waals surface area contributed by atoms with Crippen LogP contribution in [0.5, 0.6) is 0 Å². The fourth-order valence-corrected chi connectivity index (χ4v) is 1.91. The van der Waals surface area contributed by atoms with Gasteiger partial charge in [0, 0.05) is 24.0 Å². The summed E-state index contributed by atoms with van der Waals surface area (Å²) in [6, 6.07) is 0.0854. The van der Waals surface area contributed by atoms with Crippen molar-refractivity contribution in [3.05, 3.63) is 21.5 Å². The quantitative estimate of drug-likeness (QED) is 0.814. The molecule has 1 fully saturated rings. The zero-order valence-corrected chi connectivity index (χ0v) is 9.36. The fraction of sp³-hybridized carbons (Fsp3) is 0.444. The van der Waals surface area contributed by atoms with E-state index >= 15 is 0 Å². The van der Waals surface area contributed by atoms with E-state index in [1.165, 1.54) is 12.8 Å². The first-order chi connectivity index (χ1) is 6.20. The molecule has 1 aliphatic carbocycles. The van der Waals surface area contributed by atoms with Crippen molar-refractivity contribution in [1.82, 2.24) is 4.98 Å². The highest BCUT2D eigenvalue weighted by molar-refractivity contribution is 14.1. The molecule has 0 amide bonds. The summed E-state index contributed by atoms with van der Waals surface area (Å²) in [6.45, 7) is 0. The van der Waals surface area contributed by atoms with Gasteiger partial charge in [-0.05, 0) is 41.4 Å². The molecule has 2 rings (SSSR count). The number of halogens is 1. The van der Waals surface area contributed by atoms with Crippen molar-refractivity contribution in [2.75, 3.05) is 5.73 Å². The highest BCUT2D eigenvalue weighted by Crippen LogP contribution is 2.41. The van der Waals surface area contributed by atoms with Crippen molar-refractivity contribution in [3.8, 4) is 0 Å². The van der Waals surface area contributed by atoms with E-state index < -0.39 is 0 Å². The molecule has 1 aromatic heterocycles. The van der Waals surface area contributed by atoms with Crippen molar-refractivity contribution < 1.29 is 0 Å². The number of anilines is 1. The van der Waals surface area contributed by atoms with Gasteiger partial charge in [0.05, 0.1) is 9.26 Å². The summed E-state index contributed by atoms with van der Waals surface area (Å²) in [6.07, 6.45) is 6.01. The Morgan fingerprint density at radius 1 is 1.46 bits per heavy atom. The molecule has 1 heterocycles. The predicted molar refractivity (Wildman–Crippen MR) is 61.0 cm³/mol. The molecule has 13 heavy (non-hydrogen) atoms. The van der Waals surface area contributed by atoms with Gasteiger partial charge >= 0.3 is 0 Å². The van der Waals surface area contributed by atoms with Crippen LogP contribution >= 0.6 is 22.6 Å². The Morgan fingerprint density at radius 3 is 2.77 bits per heavy atom. The van der Waals surface area contributed by atoms with Crippen LogP contribution in [0.3, 0.4) is 0 Å². The number of pyridine rings is 1. The average Bonchev–Trinajstić information content (AvgIpc) is 2.91. The molecule has 1 aromatic rings. The van der Waals surface area contributed by atoms with Crippen LogP contribution in [0.1, 0.15) is 24.4 Å². The maximum absolute atomic E-state index is 6.05. The standard InChI is InChI=1S/C9H12IN3/c10-7-4-13-3-6(9(7)12)8(11)5-1-2-5/h3-5,8H,1-2,11H2,(H2,12,13). The van der Waals surface area contributed by atoms with Crippen molar-refractivity contribution in [3.63, 3.8) is 0 Å². The minimum atomic E-state index is 0.0854. The molecular weight excluding hydrogens is 277 g/mol. The van der Waals surface area contributed by atoms with E-state index in [0.717, 1.165) is 14.8 Å². The molecule has 1 aliphatic rings. The third-order valence-electron chi connectivity index (χ3n) is 2.46. The first-order valence-corrected chi connectivity index (χ1v) is 5.42. The number of nitrogens with two attached hydrogens (primary N) is 2. The van der Waals surface area contributed by atoms with Crippen LogP contribution in [0, 0.1) is 9.49 Å². The zero-order valence-electron chi connectivity index (χ0n) is 7.20. The smallest absolute Gasteiger partial charge is 0.0546 e. The van der Waals surface area contributed by atoms with Gasteiger partial charge in [0.2, 0.25) is 0 Å². The summed E-state index contributed by atoms with van der Waals surface area (Å²) in [4.78, 5) is 4.11.